The van der Waals surface area contributed by atoms with Crippen LogP contribution < -0.4 is 0 Å². The molecule has 0 aromatic carbocycles. The first-order valence-electron chi connectivity index (χ1n) is 7.72. The Morgan fingerprint density at radius 2 is 2.32 bits per heavy atom. The van der Waals surface area contributed by atoms with Crippen molar-refractivity contribution in [3.63, 3.8) is 0 Å². The number of halogens is 1. The average Bonchev–Trinajstić information content (AvgIpc) is 2.91. The van der Waals surface area contributed by atoms with E-state index in [4.69, 9.17) is 21.1 Å². The van der Waals surface area contributed by atoms with Crippen molar-refractivity contribution < 1.29 is 14.3 Å². The lowest BCUT2D eigenvalue weighted by Gasteiger charge is -2.40. The summed E-state index contributed by atoms with van der Waals surface area (Å²) in [4.78, 5) is 16.1. The normalized spacial score (nSPS) is 22.7. The van der Waals surface area contributed by atoms with Gasteiger partial charge in [-0.25, -0.2) is 0 Å². The van der Waals surface area contributed by atoms with E-state index < -0.39 is 5.41 Å². The van der Waals surface area contributed by atoms with Crippen LogP contribution in [0.1, 0.15) is 31.1 Å². The van der Waals surface area contributed by atoms with Crippen molar-refractivity contribution in [2.75, 3.05) is 33.4 Å². The number of ether oxygens (including phenoxy) is 2. The van der Waals surface area contributed by atoms with E-state index in [1.54, 1.807) is 18.4 Å². The Labute approximate surface area is 141 Å². The van der Waals surface area contributed by atoms with Gasteiger partial charge in [0.05, 0.1) is 16.4 Å². The number of esters is 1. The number of nitrogens with zero attached hydrogens (tertiary/aromatic N) is 1. The van der Waals surface area contributed by atoms with Gasteiger partial charge in [0, 0.05) is 31.7 Å². The Hall–Kier alpha value is -0.620. The molecule has 1 aromatic heterocycles. The van der Waals surface area contributed by atoms with Crippen molar-refractivity contribution in [1.82, 2.24) is 4.90 Å². The van der Waals surface area contributed by atoms with Gasteiger partial charge in [-0.1, -0.05) is 11.6 Å². The van der Waals surface area contributed by atoms with Crippen molar-refractivity contribution in [3.8, 4) is 0 Å². The molecule has 0 saturated carbocycles. The molecule has 4 nitrogen and oxygen atoms in total. The summed E-state index contributed by atoms with van der Waals surface area (Å²) in [6, 6.07) is 3.98. The number of carbonyl (C=O) groups is 1. The van der Waals surface area contributed by atoms with Crippen LogP contribution in [0.25, 0.3) is 0 Å². The SMILES string of the molecule is CCOC(=O)[C@@]1(CCOC)CCCN(Cc2ccc(Cl)s2)C1. The summed E-state index contributed by atoms with van der Waals surface area (Å²) in [7, 11) is 1.67. The molecule has 0 aliphatic carbocycles. The predicted octanol–water partition coefficient (Wildman–Crippen LogP) is 3.58. The van der Waals surface area contributed by atoms with Gasteiger partial charge in [0.15, 0.2) is 0 Å². The molecule has 1 saturated heterocycles. The molecule has 124 valence electrons. The second kappa shape index (κ2) is 8.29. The van der Waals surface area contributed by atoms with Crippen molar-refractivity contribution in [2.24, 2.45) is 5.41 Å². The molecule has 2 rings (SSSR count). The van der Waals surface area contributed by atoms with E-state index in [-0.39, 0.29) is 5.97 Å². The van der Waals surface area contributed by atoms with Crippen LogP contribution in [0.4, 0.5) is 0 Å². The highest BCUT2D eigenvalue weighted by Crippen LogP contribution is 2.36. The summed E-state index contributed by atoms with van der Waals surface area (Å²) >= 11 is 7.60. The van der Waals surface area contributed by atoms with Gasteiger partial charge in [0.25, 0.3) is 0 Å². The molecule has 0 radical (unpaired) electrons. The van der Waals surface area contributed by atoms with Gasteiger partial charge in [-0.05, 0) is 44.9 Å². The van der Waals surface area contributed by atoms with E-state index >= 15 is 0 Å². The first-order chi connectivity index (χ1) is 10.6. The van der Waals surface area contributed by atoms with E-state index in [2.05, 4.69) is 11.0 Å². The van der Waals surface area contributed by atoms with Gasteiger partial charge in [0.2, 0.25) is 0 Å². The first kappa shape index (κ1) is 17.7. The van der Waals surface area contributed by atoms with Gasteiger partial charge in [0.1, 0.15) is 0 Å². The molecule has 0 spiro atoms. The molecular weight excluding hydrogens is 322 g/mol. The molecule has 0 bridgehead atoms. The Morgan fingerprint density at radius 3 is 2.95 bits per heavy atom. The maximum absolute atomic E-state index is 12.5. The van der Waals surface area contributed by atoms with Crippen LogP contribution in [0.3, 0.4) is 0 Å². The zero-order valence-electron chi connectivity index (χ0n) is 13.3. The molecule has 2 heterocycles. The molecule has 22 heavy (non-hydrogen) atoms. The fraction of sp³-hybridized carbons (Fsp3) is 0.688. The highest BCUT2D eigenvalue weighted by molar-refractivity contribution is 7.16. The highest BCUT2D eigenvalue weighted by atomic mass is 35.5. The number of methoxy groups -OCH3 is 1. The summed E-state index contributed by atoms with van der Waals surface area (Å²) in [6.07, 6.45) is 2.59. The number of carbonyl (C=O) groups excluding carboxylic acids is 1. The van der Waals surface area contributed by atoms with Gasteiger partial charge >= 0.3 is 5.97 Å². The minimum Gasteiger partial charge on any atom is -0.466 e. The molecule has 1 fully saturated rings. The van der Waals surface area contributed by atoms with Crippen molar-refractivity contribution in [2.45, 2.75) is 32.7 Å². The second-order valence-corrected chi connectivity index (χ2v) is 7.56. The predicted molar refractivity (Wildman–Crippen MR) is 89.4 cm³/mol. The van der Waals surface area contributed by atoms with Crippen molar-refractivity contribution in [1.29, 1.82) is 0 Å². The summed E-state index contributed by atoms with van der Waals surface area (Å²) < 4.78 is 11.4. The second-order valence-electron chi connectivity index (χ2n) is 5.76. The summed E-state index contributed by atoms with van der Waals surface area (Å²) in [5.74, 6) is -0.0824. The van der Waals surface area contributed by atoms with Gasteiger partial charge in [-0.15, -0.1) is 11.3 Å². The quantitative estimate of drug-likeness (QED) is 0.708. The lowest BCUT2D eigenvalue weighted by Crippen LogP contribution is -2.48. The molecule has 1 aliphatic heterocycles. The molecule has 0 unspecified atom stereocenters. The van der Waals surface area contributed by atoms with Crippen LogP contribution in [0.2, 0.25) is 4.34 Å². The number of rotatable bonds is 7. The van der Waals surface area contributed by atoms with Crippen LogP contribution in [0.5, 0.6) is 0 Å². The lowest BCUT2D eigenvalue weighted by molar-refractivity contribution is -0.160. The van der Waals surface area contributed by atoms with E-state index in [1.165, 1.54) is 4.88 Å². The van der Waals surface area contributed by atoms with E-state index in [0.717, 1.165) is 36.8 Å². The lowest BCUT2D eigenvalue weighted by atomic mass is 9.77. The zero-order chi connectivity index (χ0) is 16.0. The Morgan fingerprint density at radius 1 is 1.50 bits per heavy atom. The van der Waals surface area contributed by atoms with E-state index in [9.17, 15) is 4.79 Å². The molecule has 0 N–H and O–H groups in total. The molecule has 6 heteroatoms. The summed E-state index contributed by atoms with van der Waals surface area (Å²) in [6.45, 7) is 5.43. The standard InChI is InChI=1S/C16H24ClNO3S/c1-3-21-15(19)16(8-10-20-2)7-4-9-18(12-16)11-13-5-6-14(17)22-13/h5-6H,3-4,7-12H2,1-2H3/t16-/m1/s1. The number of hydrogen-bond acceptors (Lipinski definition) is 5. The summed E-state index contributed by atoms with van der Waals surface area (Å²) in [5, 5.41) is 0. The maximum atomic E-state index is 12.5. The fourth-order valence-electron chi connectivity index (χ4n) is 3.07. The maximum Gasteiger partial charge on any atom is 0.313 e. The van der Waals surface area contributed by atoms with Gasteiger partial charge in [-0.2, -0.15) is 0 Å². The Bertz CT molecular complexity index is 493. The number of likely N-dealkylation sites (tertiary alicyclic amines) is 1. The summed E-state index contributed by atoms with van der Waals surface area (Å²) in [5.41, 5.74) is -0.439. The number of hydrogen-bond donors (Lipinski definition) is 0. The van der Waals surface area contributed by atoms with Crippen LogP contribution >= 0.6 is 22.9 Å². The monoisotopic (exact) mass is 345 g/mol. The average molecular weight is 346 g/mol. The molecular formula is C16H24ClNO3S. The highest BCUT2D eigenvalue weighted by Gasteiger charge is 2.43. The molecule has 0 amide bonds. The van der Waals surface area contributed by atoms with Crippen LogP contribution in [0.15, 0.2) is 12.1 Å². The zero-order valence-corrected chi connectivity index (χ0v) is 14.8. The Balaban J connectivity index is 2.06. The van der Waals surface area contributed by atoms with Crippen molar-refractivity contribution in [3.05, 3.63) is 21.3 Å². The third-order valence-electron chi connectivity index (χ3n) is 4.16. The van der Waals surface area contributed by atoms with E-state index in [1.807, 2.05) is 13.0 Å². The minimum atomic E-state index is -0.439. The van der Waals surface area contributed by atoms with Gasteiger partial charge < -0.3 is 9.47 Å². The molecule has 1 aliphatic rings. The number of thiophene rings is 1. The third kappa shape index (κ3) is 4.44. The van der Waals surface area contributed by atoms with Crippen LogP contribution in [-0.2, 0) is 20.8 Å². The van der Waals surface area contributed by atoms with Crippen LogP contribution in [-0.4, -0.2) is 44.3 Å². The van der Waals surface area contributed by atoms with Crippen LogP contribution in [0, 0.1) is 5.41 Å². The number of piperidine rings is 1. The smallest absolute Gasteiger partial charge is 0.313 e. The van der Waals surface area contributed by atoms with Crippen molar-refractivity contribution >= 4 is 28.9 Å². The Kier molecular flexibility index (Phi) is 6.68. The van der Waals surface area contributed by atoms with E-state index in [0.29, 0.717) is 19.6 Å². The third-order valence-corrected chi connectivity index (χ3v) is 5.37. The largest absolute Gasteiger partial charge is 0.466 e. The molecule has 1 atom stereocenters. The topological polar surface area (TPSA) is 38.8 Å². The fourth-order valence-corrected chi connectivity index (χ4v) is 4.20. The first-order valence-corrected chi connectivity index (χ1v) is 8.92. The minimum absolute atomic E-state index is 0.0824. The molecule has 1 aromatic rings. The van der Waals surface area contributed by atoms with Gasteiger partial charge in [-0.3, -0.25) is 9.69 Å².